The van der Waals surface area contributed by atoms with Gasteiger partial charge in [0.25, 0.3) is 0 Å². The van der Waals surface area contributed by atoms with Crippen molar-refractivity contribution in [2.75, 3.05) is 5.32 Å². The van der Waals surface area contributed by atoms with Crippen molar-refractivity contribution in [3.63, 3.8) is 0 Å². The van der Waals surface area contributed by atoms with Gasteiger partial charge in [0.2, 0.25) is 5.91 Å². The zero-order valence-electron chi connectivity index (χ0n) is 10.8. The summed E-state index contributed by atoms with van der Waals surface area (Å²) in [4.78, 5) is 11.9. The Morgan fingerprint density at radius 2 is 2.00 bits per heavy atom. The Kier molecular flexibility index (Phi) is 4.39. The fourth-order valence-electron chi connectivity index (χ4n) is 1.53. The number of amides is 1. The van der Waals surface area contributed by atoms with Crippen LogP contribution in [0, 0.1) is 5.41 Å². The smallest absolute Gasteiger partial charge is 0.326 e. The zero-order valence-corrected chi connectivity index (χ0v) is 10.8. The second kappa shape index (κ2) is 5.47. The number of anilines is 1. The number of carbonyl (C=O) groups excluding carboxylic acids is 1. The van der Waals surface area contributed by atoms with Crippen LogP contribution in [0.25, 0.3) is 0 Å². The first-order valence-corrected chi connectivity index (χ1v) is 5.76. The van der Waals surface area contributed by atoms with E-state index in [2.05, 4.69) is 11.9 Å². The van der Waals surface area contributed by atoms with E-state index in [1.54, 1.807) is 19.9 Å². The first-order valence-electron chi connectivity index (χ1n) is 5.76. The molecule has 2 nitrogen and oxygen atoms in total. The lowest BCUT2D eigenvalue weighted by molar-refractivity contribution is -0.137. The number of nitrogens with one attached hydrogen (secondary N) is 1. The van der Waals surface area contributed by atoms with Gasteiger partial charge in [-0.3, -0.25) is 4.79 Å². The van der Waals surface area contributed by atoms with Gasteiger partial charge in [-0.25, -0.2) is 0 Å². The molecule has 0 aliphatic rings. The molecule has 0 fully saturated rings. The van der Waals surface area contributed by atoms with Gasteiger partial charge in [-0.1, -0.05) is 26.0 Å². The van der Waals surface area contributed by atoms with E-state index in [1.807, 2.05) is 0 Å². The van der Waals surface area contributed by atoms with Crippen LogP contribution in [-0.2, 0) is 11.0 Å². The molecule has 19 heavy (non-hydrogen) atoms. The van der Waals surface area contributed by atoms with Crippen LogP contribution in [0.5, 0.6) is 0 Å². The highest BCUT2D eigenvalue weighted by Gasteiger charge is 2.31. The number of rotatable bonds is 4. The molecule has 0 bridgehead atoms. The van der Waals surface area contributed by atoms with Crippen LogP contribution >= 0.6 is 0 Å². The molecule has 0 saturated carbocycles. The molecular formula is C14H16F3NO. The zero-order chi connectivity index (χ0) is 14.7. The molecule has 5 heteroatoms. The SMILES string of the molecule is C=CCC(C)(C)C(=O)Nc1cccc(C(F)(F)F)c1. The Morgan fingerprint density at radius 3 is 2.53 bits per heavy atom. The molecule has 1 amide bonds. The highest BCUT2D eigenvalue weighted by atomic mass is 19.4. The molecule has 0 aliphatic carbocycles. The topological polar surface area (TPSA) is 29.1 Å². The summed E-state index contributed by atoms with van der Waals surface area (Å²) in [5.41, 5.74) is -1.36. The summed E-state index contributed by atoms with van der Waals surface area (Å²) in [5, 5.41) is 2.49. The lowest BCUT2D eigenvalue weighted by Crippen LogP contribution is -2.30. The number of hydrogen-bond donors (Lipinski definition) is 1. The summed E-state index contributed by atoms with van der Waals surface area (Å²) in [6, 6.07) is 4.57. The Hall–Kier alpha value is -1.78. The lowest BCUT2D eigenvalue weighted by Gasteiger charge is -2.22. The van der Waals surface area contributed by atoms with Gasteiger partial charge in [-0.15, -0.1) is 6.58 Å². The molecule has 0 aliphatic heterocycles. The number of hydrogen-bond acceptors (Lipinski definition) is 1. The Bertz CT molecular complexity index is 478. The maximum atomic E-state index is 12.5. The summed E-state index contributed by atoms with van der Waals surface area (Å²) < 4.78 is 37.6. The Balaban J connectivity index is 2.89. The van der Waals surface area contributed by atoms with Crippen LogP contribution in [0.15, 0.2) is 36.9 Å². The third-order valence-corrected chi connectivity index (χ3v) is 2.72. The normalized spacial score (nSPS) is 12.1. The monoisotopic (exact) mass is 271 g/mol. The van der Waals surface area contributed by atoms with Gasteiger partial charge >= 0.3 is 6.18 Å². The van der Waals surface area contributed by atoms with Gasteiger partial charge in [0.15, 0.2) is 0 Å². The molecular weight excluding hydrogens is 255 g/mol. The largest absolute Gasteiger partial charge is 0.416 e. The molecule has 1 aromatic carbocycles. The quantitative estimate of drug-likeness (QED) is 0.815. The van der Waals surface area contributed by atoms with Crippen molar-refractivity contribution in [1.82, 2.24) is 0 Å². The summed E-state index contributed by atoms with van der Waals surface area (Å²) in [5.74, 6) is -0.341. The van der Waals surface area contributed by atoms with Crippen molar-refractivity contribution < 1.29 is 18.0 Å². The highest BCUT2D eigenvalue weighted by molar-refractivity contribution is 5.94. The highest BCUT2D eigenvalue weighted by Crippen LogP contribution is 2.31. The number of allylic oxidation sites excluding steroid dienone is 1. The van der Waals surface area contributed by atoms with Gasteiger partial charge in [-0.2, -0.15) is 13.2 Å². The van der Waals surface area contributed by atoms with Crippen molar-refractivity contribution >= 4 is 11.6 Å². The summed E-state index contributed by atoms with van der Waals surface area (Å²) in [6.07, 6.45) is -2.37. The molecule has 0 radical (unpaired) electrons. The van der Waals surface area contributed by atoms with E-state index < -0.39 is 17.2 Å². The second-order valence-electron chi connectivity index (χ2n) is 4.91. The van der Waals surface area contributed by atoms with E-state index in [1.165, 1.54) is 12.1 Å². The van der Waals surface area contributed by atoms with Crippen LogP contribution in [-0.4, -0.2) is 5.91 Å². The summed E-state index contributed by atoms with van der Waals surface area (Å²) in [7, 11) is 0. The maximum Gasteiger partial charge on any atom is 0.416 e. The molecule has 1 aromatic rings. The predicted octanol–water partition coefficient (Wildman–Crippen LogP) is 4.25. The predicted molar refractivity (Wildman–Crippen MR) is 68.7 cm³/mol. The van der Waals surface area contributed by atoms with Crippen LogP contribution in [0.4, 0.5) is 18.9 Å². The third-order valence-electron chi connectivity index (χ3n) is 2.72. The van der Waals surface area contributed by atoms with E-state index in [0.29, 0.717) is 6.42 Å². The van der Waals surface area contributed by atoms with Crippen molar-refractivity contribution in [2.24, 2.45) is 5.41 Å². The fourth-order valence-corrected chi connectivity index (χ4v) is 1.53. The van der Waals surface area contributed by atoms with Crippen molar-refractivity contribution in [1.29, 1.82) is 0 Å². The van der Waals surface area contributed by atoms with Gasteiger partial charge in [0.05, 0.1) is 5.56 Å². The number of halogens is 3. The van der Waals surface area contributed by atoms with E-state index >= 15 is 0 Å². The molecule has 0 atom stereocenters. The van der Waals surface area contributed by atoms with Crippen LogP contribution < -0.4 is 5.32 Å². The minimum absolute atomic E-state index is 0.136. The second-order valence-corrected chi connectivity index (χ2v) is 4.91. The van der Waals surface area contributed by atoms with E-state index in [-0.39, 0.29) is 11.6 Å². The first-order chi connectivity index (χ1) is 8.66. The Morgan fingerprint density at radius 1 is 1.37 bits per heavy atom. The van der Waals surface area contributed by atoms with Gasteiger partial charge in [-0.05, 0) is 24.6 Å². The molecule has 0 spiro atoms. The van der Waals surface area contributed by atoms with E-state index in [0.717, 1.165) is 12.1 Å². The van der Waals surface area contributed by atoms with Crippen LogP contribution in [0.3, 0.4) is 0 Å². The van der Waals surface area contributed by atoms with E-state index in [4.69, 9.17) is 0 Å². The molecule has 0 heterocycles. The average Bonchev–Trinajstić information content (AvgIpc) is 2.28. The standard InChI is InChI=1S/C14H16F3NO/c1-4-8-13(2,3)12(19)18-11-7-5-6-10(9-11)14(15,16)17/h4-7,9H,1,8H2,2-3H3,(H,18,19). The summed E-state index contributed by atoms with van der Waals surface area (Å²) in [6.45, 7) is 6.96. The van der Waals surface area contributed by atoms with Crippen molar-refractivity contribution in [3.8, 4) is 0 Å². The van der Waals surface area contributed by atoms with Gasteiger partial charge in [0.1, 0.15) is 0 Å². The van der Waals surface area contributed by atoms with Crippen molar-refractivity contribution in [3.05, 3.63) is 42.5 Å². The molecule has 104 valence electrons. The minimum atomic E-state index is -4.42. The summed E-state index contributed by atoms with van der Waals surface area (Å²) >= 11 is 0. The molecule has 0 unspecified atom stereocenters. The first kappa shape index (κ1) is 15.3. The average molecular weight is 271 g/mol. The lowest BCUT2D eigenvalue weighted by atomic mass is 9.88. The third kappa shape index (κ3) is 4.12. The molecule has 1 N–H and O–H groups in total. The number of carbonyl (C=O) groups is 1. The van der Waals surface area contributed by atoms with Crippen LogP contribution in [0.2, 0.25) is 0 Å². The van der Waals surface area contributed by atoms with Gasteiger partial charge < -0.3 is 5.32 Å². The number of alkyl halides is 3. The molecule has 0 saturated heterocycles. The number of benzene rings is 1. The maximum absolute atomic E-state index is 12.5. The fraction of sp³-hybridized carbons (Fsp3) is 0.357. The van der Waals surface area contributed by atoms with Crippen LogP contribution in [0.1, 0.15) is 25.8 Å². The molecule has 1 rings (SSSR count). The Labute approximate surface area is 110 Å². The minimum Gasteiger partial charge on any atom is -0.326 e. The van der Waals surface area contributed by atoms with E-state index in [9.17, 15) is 18.0 Å². The van der Waals surface area contributed by atoms with Gasteiger partial charge in [0, 0.05) is 11.1 Å². The van der Waals surface area contributed by atoms with Crippen molar-refractivity contribution in [2.45, 2.75) is 26.4 Å². The molecule has 0 aromatic heterocycles.